The van der Waals surface area contributed by atoms with Crippen molar-refractivity contribution in [3.63, 3.8) is 0 Å². The van der Waals surface area contributed by atoms with Gasteiger partial charge in [0, 0.05) is 18.7 Å². The summed E-state index contributed by atoms with van der Waals surface area (Å²) >= 11 is 0. The highest BCUT2D eigenvalue weighted by Gasteiger charge is 2.24. The Balaban J connectivity index is 2.10. The summed E-state index contributed by atoms with van der Waals surface area (Å²) in [5.41, 5.74) is -0.156. The van der Waals surface area contributed by atoms with Gasteiger partial charge < -0.3 is 10.1 Å². The Hall–Kier alpha value is -2.15. The third-order valence-corrected chi connectivity index (χ3v) is 4.37. The van der Waals surface area contributed by atoms with Crippen LogP contribution in [0.5, 0.6) is 5.75 Å². The monoisotopic (exact) mass is 335 g/mol. The second-order valence-electron chi connectivity index (χ2n) is 5.86. The predicted molar refractivity (Wildman–Crippen MR) is 91.5 cm³/mol. The van der Waals surface area contributed by atoms with Crippen LogP contribution in [-0.4, -0.2) is 48.0 Å². The number of benzene rings is 1. The summed E-state index contributed by atoms with van der Waals surface area (Å²) in [5, 5.41) is 14.0. The second-order valence-corrected chi connectivity index (χ2v) is 5.86. The topological polar surface area (TPSA) is 84.7 Å². The molecule has 0 radical (unpaired) electrons. The molecular formula is C17H25N3O4. The van der Waals surface area contributed by atoms with Crippen LogP contribution < -0.4 is 10.1 Å². The molecule has 7 heteroatoms. The molecule has 132 valence electrons. The molecule has 1 aromatic rings. The van der Waals surface area contributed by atoms with Gasteiger partial charge in [0.2, 0.25) is 0 Å². The predicted octanol–water partition coefficient (Wildman–Crippen LogP) is 2.60. The molecule has 0 bridgehead atoms. The van der Waals surface area contributed by atoms with E-state index >= 15 is 0 Å². The molecule has 0 unspecified atom stereocenters. The maximum Gasteiger partial charge on any atom is 0.282 e. The molecule has 1 N–H and O–H groups in total. The third-order valence-electron chi connectivity index (χ3n) is 4.37. The van der Waals surface area contributed by atoms with E-state index in [1.165, 1.54) is 24.6 Å². The minimum absolute atomic E-state index is 0.0461. The van der Waals surface area contributed by atoms with Crippen molar-refractivity contribution in [1.82, 2.24) is 10.2 Å². The molecule has 1 atom stereocenters. The van der Waals surface area contributed by atoms with E-state index in [1.807, 2.05) is 6.92 Å². The quantitative estimate of drug-likeness (QED) is 0.611. The van der Waals surface area contributed by atoms with E-state index in [4.69, 9.17) is 4.74 Å². The lowest BCUT2D eigenvalue weighted by atomic mass is 10.0. The number of carbonyl (C=O) groups excluding carboxylic acids is 1. The van der Waals surface area contributed by atoms with Crippen LogP contribution in [0.4, 0.5) is 5.69 Å². The van der Waals surface area contributed by atoms with Crippen molar-refractivity contribution in [2.24, 2.45) is 0 Å². The fourth-order valence-electron chi connectivity index (χ4n) is 3.13. The summed E-state index contributed by atoms with van der Waals surface area (Å²) in [6.45, 7) is 6.85. The molecule has 1 fully saturated rings. The fourth-order valence-corrected chi connectivity index (χ4v) is 3.13. The number of nitro groups is 1. The fraction of sp³-hybridized carbons (Fsp3) is 0.588. The van der Waals surface area contributed by atoms with Gasteiger partial charge in [-0.1, -0.05) is 13.3 Å². The first-order valence-electron chi connectivity index (χ1n) is 8.50. The van der Waals surface area contributed by atoms with Crippen LogP contribution >= 0.6 is 0 Å². The van der Waals surface area contributed by atoms with Gasteiger partial charge in [-0.25, -0.2) is 0 Å². The van der Waals surface area contributed by atoms with Crippen molar-refractivity contribution in [1.29, 1.82) is 0 Å². The minimum Gasteiger partial charge on any atom is -0.494 e. The summed E-state index contributed by atoms with van der Waals surface area (Å²) in [4.78, 5) is 25.5. The normalized spacial score (nSPS) is 18.2. The SMILES string of the molecule is CCOc1ccc([N+](=O)[O-])c(C(=O)NC[C@@H]2CCCCN2CC)c1. The summed E-state index contributed by atoms with van der Waals surface area (Å²) in [6, 6.07) is 4.56. The highest BCUT2D eigenvalue weighted by molar-refractivity contribution is 5.98. The number of likely N-dealkylation sites (N-methyl/N-ethyl adjacent to an activating group) is 1. The van der Waals surface area contributed by atoms with Crippen molar-refractivity contribution in [3.05, 3.63) is 33.9 Å². The van der Waals surface area contributed by atoms with Crippen molar-refractivity contribution >= 4 is 11.6 Å². The zero-order valence-corrected chi connectivity index (χ0v) is 14.3. The van der Waals surface area contributed by atoms with Crippen LogP contribution in [0.3, 0.4) is 0 Å². The first-order valence-corrected chi connectivity index (χ1v) is 8.50. The zero-order valence-electron chi connectivity index (χ0n) is 14.3. The molecule has 1 heterocycles. The molecule has 0 aromatic heterocycles. The Morgan fingerprint density at radius 1 is 1.42 bits per heavy atom. The number of nitrogens with zero attached hydrogens (tertiary/aromatic N) is 2. The summed E-state index contributed by atoms with van der Waals surface area (Å²) in [5.74, 6) is 0.0333. The number of piperidine rings is 1. The first-order chi connectivity index (χ1) is 11.6. The highest BCUT2D eigenvalue weighted by atomic mass is 16.6. The van der Waals surface area contributed by atoms with Crippen molar-refractivity contribution in [3.8, 4) is 5.75 Å². The van der Waals surface area contributed by atoms with Gasteiger partial charge in [0.15, 0.2) is 0 Å². The van der Waals surface area contributed by atoms with Gasteiger partial charge in [-0.3, -0.25) is 19.8 Å². The molecule has 1 aliphatic heterocycles. The number of rotatable bonds is 7. The maximum absolute atomic E-state index is 12.5. The van der Waals surface area contributed by atoms with E-state index in [-0.39, 0.29) is 11.3 Å². The summed E-state index contributed by atoms with van der Waals surface area (Å²) in [6.07, 6.45) is 3.37. The average Bonchev–Trinajstić information content (AvgIpc) is 2.59. The number of nitro benzene ring substituents is 1. The number of hydrogen-bond acceptors (Lipinski definition) is 5. The number of amides is 1. The standard InChI is InChI=1S/C17H25N3O4/c1-3-19-10-6-5-7-13(19)12-18-17(21)15-11-14(24-4-2)8-9-16(15)20(22)23/h8-9,11,13H,3-7,10,12H2,1-2H3,(H,18,21)/t13-/m0/s1. The third kappa shape index (κ3) is 4.44. The van der Waals surface area contributed by atoms with Gasteiger partial charge in [-0.15, -0.1) is 0 Å². The summed E-state index contributed by atoms with van der Waals surface area (Å²) in [7, 11) is 0. The molecule has 1 aromatic carbocycles. The molecule has 7 nitrogen and oxygen atoms in total. The van der Waals surface area contributed by atoms with E-state index < -0.39 is 10.8 Å². The molecular weight excluding hydrogens is 310 g/mol. The number of hydrogen-bond donors (Lipinski definition) is 1. The van der Waals surface area contributed by atoms with E-state index in [2.05, 4.69) is 17.1 Å². The van der Waals surface area contributed by atoms with Crippen LogP contribution in [0, 0.1) is 10.1 Å². The van der Waals surface area contributed by atoms with Crippen LogP contribution in [0.25, 0.3) is 0 Å². The maximum atomic E-state index is 12.5. The van der Waals surface area contributed by atoms with E-state index in [0.29, 0.717) is 24.9 Å². The van der Waals surface area contributed by atoms with Gasteiger partial charge in [-0.2, -0.15) is 0 Å². The van der Waals surface area contributed by atoms with E-state index in [0.717, 1.165) is 25.9 Å². The highest BCUT2D eigenvalue weighted by Crippen LogP contribution is 2.24. The van der Waals surface area contributed by atoms with Crippen LogP contribution in [0.2, 0.25) is 0 Å². The number of likely N-dealkylation sites (tertiary alicyclic amines) is 1. The van der Waals surface area contributed by atoms with E-state index in [1.54, 1.807) is 0 Å². The zero-order chi connectivity index (χ0) is 17.5. The van der Waals surface area contributed by atoms with Crippen molar-refractivity contribution in [2.45, 2.75) is 39.2 Å². The second kappa shape index (κ2) is 8.63. The average molecular weight is 335 g/mol. The van der Waals surface area contributed by atoms with E-state index in [9.17, 15) is 14.9 Å². The van der Waals surface area contributed by atoms with Crippen LogP contribution in [0.15, 0.2) is 18.2 Å². The van der Waals surface area contributed by atoms with Crippen LogP contribution in [0.1, 0.15) is 43.5 Å². The number of carbonyl (C=O) groups is 1. The number of ether oxygens (including phenoxy) is 1. The Morgan fingerprint density at radius 3 is 2.88 bits per heavy atom. The molecule has 1 aliphatic rings. The summed E-state index contributed by atoms with van der Waals surface area (Å²) < 4.78 is 5.35. The number of nitrogens with one attached hydrogen (secondary N) is 1. The molecule has 0 saturated carbocycles. The van der Waals surface area contributed by atoms with Gasteiger partial charge in [-0.05, 0) is 45.0 Å². The molecule has 2 rings (SSSR count). The molecule has 1 saturated heterocycles. The lowest BCUT2D eigenvalue weighted by Crippen LogP contribution is -2.46. The lowest BCUT2D eigenvalue weighted by molar-refractivity contribution is -0.385. The molecule has 1 amide bonds. The Kier molecular flexibility index (Phi) is 6.54. The molecule has 0 aliphatic carbocycles. The van der Waals surface area contributed by atoms with Gasteiger partial charge in [0.1, 0.15) is 11.3 Å². The van der Waals surface area contributed by atoms with Gasteiger partial charge in [0.05, 0.1) is 11.5 Å². The minimum atomic E-state index is -0.538. The van der Waals surface area contributed by atoms with Gasteiger partial charge in [0.25, 0.3) is 11.6 Å². The first kappa shape index (κ1) is 18.2. The van der Waals surface area contributed by atoms with Crippen molar-refractivity contribution in [2.75, 3.05) is 26.2 Å². The Bertz CT molecular complexity index is 591. The lowest BCUT2D eigenvalue weighted by Gasteiger charge is -2.34. The molecule has 24 heavy (non-hydrogen) atoms. The largest absolute Gasteiger partial charge is 0.494 e. The van der Waals surface area contributed by atoms with Gasteiger partial charge >= 0.3 is 0 Å². The Labute approximate surface area is 142 Å². The smallest absolute Gasteiger partial charge is 0.282 e. The molecule has 0 spiro atoms. The van der Waals surface area contributed by atoms with Crippen molar-refractivity contribution < 1.29 is 14.5 Å². The van der Waals surface area contributed by atoms with Crippen LogP contribution in [-0.2, 0) is 0 Å². The Morgan fingerprint density at radius 2 is 2.21 bits per heavy atom.